The summed E-state index contributed by atoms with van der Waals surface area (Å²) in [6.45, 7) is 3.96. The Hall–Kier alpha value is -2.26. The molecule has 0 spiro atoms. The van der Waals surface area contributed by atoms with Crippen molar-refractivity contribution in [3.05, 3.63) is 62.0 Å². The number of hydrazine groups is 1. The molecule has 1 heterocycles. The van der Waals surface area contributed by atoms with E-state index in [1.165, 1.54) is 6.07 Å². The highest BCUT2D eigenvalue weighted by atomic mass is 35.5. The van der Waals surface area contributed by atoms with E-state index in [0.29, 0.717) is 12.2 Å². The Morgan fingerprint density at radius 3 is 2.70 bits per heavy atom. The van der Waals surface area contributed by atoms with Gasteiger partial charge >= 0.3 is 0 Å². The van der Waals surface area contributed by atoms with Crippen molar-refractivity contribution in [3.8, 4) is 11.5 Å². The molecule has 0 unspecified atom stereocenters. The average Bonchev–Trinajstić information content (AvgIpc) is 2.93. The van der Waals surface area contributed by atoms with Crippen LogP contribution in [-0.4, -0.2) is 32.9 Å². The van der Waals surface area contributed by atoms with E-state index in [9.17, 15) is 14.7 Å². The van der Waals surface area contributed by atoms with Crippen LogP contribution in [0.4, 0.5) is 0 Å². The molecule has 0 aliphatic carbocycles. The topological polar surface area (TPSA) is 78.9 Å². The molecule has 2 aromatic rings. The van der Waals surface area contributed by atoms with Crippen molar-refractivity contribution in [2.75, 3.05) is 6.61 Å². The number of thioether (sulfide) groups is 1. The third-order valence-corrected chi connectivity index (χ3v) is 5.93. The Labute approximate surface area is 192 Å². The Morgan fingerprint density at radius 1 is 1.30 bits per heavy atom. The van der Waals surface area contributed by atoms with Crippen molar-refractivity contribution in [3.63, 3.8) is 0 Å². The van der Waals surface area contributed by atoms with Gasteiger partial charge in [-0.05, 0) is 67.5 Å². The third kappa shape index (κ3) is 4.73. The van der Waals surface area contributed by atoms with Crippen molar-refractivity contribution >= 4 is 69.4 Å². The zero-order valence-corrected chi connectivity index (χ0v) is 19.0. The summed E-state index contributed by atoms with van der Waals surface area (Å²) in [5.74, 6) is -1.02. The fraction of sp³-hybridized carbons (Fsp3) is 0.150. The summed E-state index contributed by atoms with van der Waals surface area (Å²) in [6, 6.07) is 8.04. The molecule has 0 aromatic heterocycles. The normalized spacial score (nSPS) is 15.1. The summed E-state index contributed by atoms with van der Waals surface area (Å²) in [5.41, 5.74) is 4.16. The number of hydrogen-bond acceptors (Lipinski definition) is 6. The second kappa shape index (κ2) is 9.26. The van der Waals surface area contributed by atoms with Gasteiger partial charge in [0.2, 0.25) is 0 Å². The van der Waals surface area contributed by atoms with E-state index in [1.807, 2.05) is 6.92 Å². The quantitative estimate of drug-likeness (QED) is 0.463. The lowest BCUT2D eigenvalue weighted by Crippen LogP contribution is -2.44. The minimum Gasteiger partial charge on any atom is -0.503 e. The summed E-state index contributed by atoms with van der Waals surface area (Å²) in [7, 11) is 0. The third-order valence-electron chi connectivity index (χ3n) is 4.02. The van der Waals surface area contributed by atoms with E-state index >= 15 is 0 Å². The number of ether oxygens (including phenoxy) is 1. The molecule has 3 rings (SSSR count). The lowest BCUT2D eigenvalue weighted by Gasteiger charge is -2.16. The largest absolute Gasteiger partial charge is 0.503 e. The second-order valence-electron chi connectivity index (χ2n) is 6.22. The molecule has 30 heavy (non-hydrogen) atoms. The first-order valence-electron chi connectivity index (χ1n) is 8.71. The van der Waals surface area contributed by atoms with Gasteiger partial charge in [-0.3, -0.25) is 15.0 Å². The molecule has 1 aliphatic rings. The number of aryl methyl sites for hydroxylation is 1. The highest BCUT2D eigenvalue weighted by Gasteiger charge is 2.34. The first-order chi connectivity index (χ1) is 14.2. The lowest BCUT2D eigenvalue weighted by atomic mass is 10.1. The Morgan fingerprint density at radius 2 is 2.03 bits per heavy atom. The number of nitrogens with zero attached hydrogens (tertiary/aromatic N) is 1. The summed E-state index contributed by atoms with van der Waals surface area (Å²) in [6.07, 6.45) is 1.55. The van der Waals surface area contributed by atoms with Gasteiger partial charge in [-0.2, -0.15) is 5.01 Å². The zero-order chi connectivity index (χ0) is 22.0. The van der Waals surface area contributed by atoms with Gasteiger partial charge in [0, 0.05) is 0 Å². The number of aromatic hydroxyl groups is 1. The maximum Gasteiger partial charge on any atom is 0.285 e. The number of carbonyl (C=O) groups excluding carboxylic acids is 2. The minimum atomic E-state index is -0.552. The van der Waals surface area contributed by atoms with Crippen LogP contribution >= 0.6 is 47.2 Å². The summed E-state index contributed by atoms with van der Waals surface area (Å²) in [4.78, 5) is 25.6. The molecular weight excluding hydrogens is 467 g/mol. The number of thiocarbonyl (C=S) groups is 1. The van der Waals surface area contributed by atoms with Crippen LogP contribution < -0.4 is 10.2 Å². The van der Waals surface area contributed by atoms with Gasteiger partial charge in [-0.1, -0.05) is 41.0 Å². The molecule has 1 saturated heterocycles. The van der Waals surface area contributed by atoms with Crippen molar-refractivity contribution < 1.29 is 19.4 Å². The number of carbonyl (C=O) groups is 2. The van der Waals surface area contributed by atoms with Crippen LogP contribution in [-0.2, 0) is 4.79 Å². The van der Waals surface area contributed by atoms with Crippen molar-refractivity contribution in [2.24, 2.45) is 0 Å². The van der Waals surface area contributed by atoms with E-state index in [-0.39, 0.29) is 36.3 Å². The lowest BCUT2D eigenvalue weighted by molar-refractivity contribution is -0.123. The predicted octanol–water partition coefficient (Wildman–Crippen LogP) is 4.95. The van der Waals surface area contributed by atoms with Crippen LogP contribution in [0.25, 0.3) is 6.08 Å². The van der Waals surface area contributed by atoms with Crippen LogP contribution in [0, 0.1) is 6.92 Å². The van der Waals surface area contributed by atoms with Gasteiger partial charge in [-0.25, -0.2) is 0 Å². The zero-order valence-electron chi connectivity index (χ0n) is 15.9. The molecule has 1 aliphatic heterocycles. The molecule has 2 amide bonds. The molecule has 0 radical (unpaired) electrons. The van der Waals surface area contributed by atoms with Crippen LogP contribution in [0.2, 0.25) is 10.0 Å². The number of phenolic OH excluding ortho intramolecular Hbond substituents is 1. The Kier molecular flexibility index (Phi) is 6.92. The molecule has 1 fully saturated rings. The van der Waals surface area contributed by atoms with Crippen molar-refractivity contribution in [2.45, 2.75) is 13.8 Å². The molecule has 0 saturated carbocycles. The fourth-order valence-corrected chi connectivity index (χ4v) is 4.34. The summed E-state index contributed by atoms with van der Waals surface area (Å²) >= 11 is 18.4. The van der Waals surface area contributed by atoms with Gasteiger partial charge in [0.15, 0.2) is 15.8 Å². The standard InChI is InChI=1S/C20H16Cl2N2O4S2/c1-3-28-15-8-11(7-14(22)17(15)25)9-16-19(27)24(20(29)30-16)23-18(26)12-5-4-10(2)6-13(12)21/h4-9,25H,3H2,1-2H3,(H,23,26)/b16-9-. The first-order valence-corrected chi connectivity index (χ1v) is 10.7. The smallest absolute Gasteiger partial charge is 0.285 e. The Balaban J connectivity index is 1.83. The monoisotopic (exact) mass is 482 g/mol. The highest BCUT2D eigenvalue weighted by Crippen LogP contribution is 2.38. The second-order valence-corrected chi connectivity index (χ2v) is 8.71. The first kappa shape index (κ1) is 22.4. The van der Waals surface area contributed by atoms with E-state index in [0.717, 1.165) is 22.3 Å². The van der Waals surface area contributed by atoms with E-state index in [1.54, 1.807) is 37.3 Å². The fourth-order valence-electron chi connectivity index (χ4n) is 2.62. The summed E-state index contributed by atoms with van der Waals surface area (Å²) in [5, 5.41) is 11.3. The number of benzene rings is 2. The number of hydrogen-bond donors (Lipinski definition) is 2. The Bertz CT molecular complexity index is 1090. The number of halogens is 2. The molecule has 0 bridgehead atoms. The van der Waals surface area contributed by atoms with E-state index in [4.69, 9.17) is 40.2 Å². The highest BCUT2D eigenvalue weighted by molar-refractivity contribution is 8.26. The molecule has 2 N–H and O–H groups in total. The molecule has 2 aromatic carbocycles. The number of nitrogens with one attached hydrogen (secondary N) is 1. The van der Waals surface area contributed by atoms with Gasteiger partial charge in [0.05, 0.1) is 27.1 Å². The average molecular weight is 483 g/mol. The van der Waals surface area contributed by atoms with Crippen molar-refractivity contribution in [1.82, 2.24) is 10.4 Å². The summed E-state index contributed by atoms with van der Waals surface area (Å²) < 4.78 is 5.52. The maximum atomic E-state index is 12.8. The van der Waals surface area contributed by atoms with E-state index in [2.05, 4.69) is 5.43 Å². The van der Waals surface area contributed by atoms with Gasteiger partial charge in [0.25, 0.3) is 11.8 Å². The van der Waals surface area contributed by atoms with Gasteiger partial charge < -0.3 is 9.84 Å². The predicted molar refractivity (Wildman–Crippen MR) is 123 cm³/mol. The SMILES string of the molecule is CCOc1cc(/C=C2\SC(=S)N(NC(=O)c3ccc(C)cc3Cl)C2=O)cc(Cl)c1O. The van der Waals surface area contributed by atoms with Crippen LogP contribution in [0.5, 0.6) is 11.5 Å². The van der Waals surface area contributed by atoms with Gasteiger partial charge in [-0.15, -0.1) is 0 Å². The molecule has 0 atom stereocenters. The van der Waals surface area contributed by atoms with Gasteiger partial charge in [0.1, 0.15) is 0 Å². The number of rotatable bonds is 5. The molecule has 10 heteroatoms. The minimum absolute atomic E-state index is 0.0880. The molecular formula is C20H16Cl2N2O4S2. The van der Waals surface area contributed by atoms with Crippen molar-refractivity contribution in [1.29, 1.82) is 0 Å². The molecule has 6 nitrogen and oxygen atoms in total. The number of phenols is 1. The number of amides is 2. The van der Waals surface area contributed by atoms with E-state index < -0.39 is 11.8 Å². The maximum absolute atomic E-state index is 12.8. The molecule has 156 valence electrons. The van der Waals surface area contributed by atoms with Crippen LogP contribution in [0.1, 0.15) is 28.4 Å². The van der Waals surface area contributed by atoms with Crippen LogP contribution in [0.15, 0.2) is 35.2 Å². The van der Waals surface area contributed by atoms with Crippen LogP contribution in [0.3, 0.4) is 0 Å².